The minimum absolute atomic E-state index is 0.118. The van der Waals surface area contributed by atoms with Gasteiger partial charge in [-0.1, -0.05) is 19.3 Å². The second kappa shape index (κ2) is 5.14. The highest BCUT2D eigenvalue weighted by molar-refractivity contribution is 7.89. The number of halogens is 1. The SMILES string of the molecule is O=S(=O)(NCCC1CCC1)c1ccc(F)cc1. The molecule has 0 saturated heterocycles. The van der Waals surface area contributed by atoms with E-state index in [-0.39, 0.29) is 4.90 Å². The van der Waals surface area contributed by atoms with Crippen LogP contribution in [0.1, 0.15) is 25.7 Å². The lowest BCUT2D eigenvalue weighted by atomic mass is 9.83. The van der Waals surface area contributed by atoms with E-state index < -0.39 is 15.8 Å². The maximum Gasteiger partial charge on any atom is 0.240 e. The van der Waals surface area contributed by atoms with Crippen LogP contribution in [0.2, 0.25) is 0 Å². The van der Waals surface area contributed by atoms with Gasteiger partial charge in [-0.05, 0) is 36.6 Å². The van der Waals surface area contributed by atoms with Crippen molar-refractivity contribution in [2.45, 2.75) is 30.6 Å². The smallest absolute Gasteiger partial charge is 0.211 e. The number of nitrogens with one attached hydrogen (secondary N) is 1. The summed E-state index contributed by atoms with van der Waals surface area (Å²) in [6.45, 7) is 0.463. The quantitative estimate of drug-likeness (QED) is 0.879. The van der Waals surface area contributed by atoms with Gasteiger partial charge in [0.25, 0.3) is 0 Å². The van der Waals surface area contributed by atoms with E-state index in [0.29, 0.717) is 12.5 Å². The Morgan fingerprint density at radius 2 is 1.88 bits per heavy atom. The first-order valence-electron chi connectivity index (χ1n) is 5.83. The van der Waals surface area contributed by atoms with Gasteiger partial charge in [0.2, 0.25) is 10.0 Å². The first-order chi connectivity index (χ1) is 8.08. The first-order valence-corrected chi connectivity index (χ1v) is 7.31. The first kappa shape index (κ1) is 12.5. The highest BCUT2D eigenvalue weighted by Crippen LogP contribution is 2.28. The average molecular weight is 257 g/mol. The third-order valence-electron chi connectivity index (χ3n) is 3.19. The van der Waals surface area contributed by atoms with Gasteiger partial charge in [-0.25, -0.2) is 17.5 Å². The lowest BCUT2D eigenvalue weighted by molar-refractivity contribution is 0.297. The van der Waals surface area contributed by atoms with Crippen LogP contribution in [0.3, 0.4) is 0 Å². The van der Waals surface area contributed by atoms with Gasteiger partial charge in [-0.3, -0.25) is 0 Å². The van der Waals surface area contributed by atoms with Crippen molar-refractivity contribution >= 4 is 10.0 Å². The van der Waals surface area contributed by atoms with E-state index >= 15 is 0 Å². The molecule has 1 aliphatic rings. The maximum absolute atomic E-state index is 12.7. The topological polar surface area (TPSA) is 46.2 Å². The number of hydrogen-bond donors (Lipinski definition) is 1. The van der Waals surface area contributed by atoms with Crippen molar-refractivity contribution in [1.29, 1.82) is 0 Å². The molecule has 0 atom stereocenters. The molecule has 0 heterocycles. The molecule has 0 aliphatic heterocycles. The summed E-state index contributed by atoms with van der Waals surface area (Å²) in [5.74, 6) is 0.240. The van der Waals surface area contributed by atoms with Crippen molar-refractivity contribution in [2.24, 2.45) is 5.92 Å². The van der Waals surface area contributed by atoms with Crippen LogP contribution in [-0.2, 0) is 10.0 Å². The minimum Gasteiger partial charge on any atom is -0.211 e. The normalized spacial score (nSPS) is 16.8. The van der Waals surface area contributed by atoms with Crippen molar-refractivity contribution in [3.63, 3.8) is 0 Å². The molecule has 0 radical (unpaired) electrons. The fraction of sp³-hybridized carbons (Fsp3) is 0.500. The summed E-state index contributed by atoms with van der Waals surface area (Å²) in [4.78, 5) is 0.118. The molecule has 0 aromatic heterocycles. The highest BCUT2D eigenvalue weighted by Gasteiger charge is 2.19. The molecule has 94 valence electrons. The second-order valence-electron chi connectivity index (χ2n) is 4.44. The molecule has 0 spiro atoms. The zero-order chi connectivity index (χ0) is 12.3. The van der Waals surface area contributed by atoms with E-state index in [1.807, 2.05) is 0 Å². The van der Waals surface area contributed by atoms with Gasteiger partial charge >= 0.3 is 0 Å². The summed E-state index contributed by atoms with van der Waals surface area (Å²) < 4.78 is 38.8. The lowest BCUT2D eigenvalue weighted by Gasteiger charge is -2.25. The molecule has 1 saturated carbocycles. The van der Waals surface area contributed by atoms with Crippen LogP contribution in [0.25, 0.3) is 0 Å². The van der Waals surface area contributed by atoms with E-state index in [4.69, 9.17) is 0 Å². The van der Waals surface area contributed by atoms with E-state index in [1.165, 1.54) is 31.4 Å². The Hall–Kier alpha value is -0.940. The zero-order valence-electron chi connectivity index (χ0n) is 9.52. The lowest BCUT2D eigenvalue weighted by Crippen LogP contribution is -2.27. The number of benzene rings is 1. The van der Waals surface area contributed by atoms with Gasteiger partial charge in [0, 0.05) is 6.54 Å². The van der Waals surface area contributed by atoms with E-state index in [2.05, 4.69) is 4.72 Å². The van der Waals surface area contributed by atoms with Crippen LogP contribution in [0.4, 0.5) is 4.39 Å². The predicted molar refractivity (Wildman–Crippen MR) is 63.5 cm³/mol. The molecule has 17 heavy (non-hydrogen) atoms. The Morgan fingerprint density at radius 3 is 2.41 bits per heavy atom. The molecular weight excluding hydrogens is 241 g/mol. The Kier molecular flexibility index (Phi) is 3.79. The number of sulfonamides is 1. The van der Waals surface area contributed by atoms with Crippen molar-refractivity contribution < 1.29 is 12.8 Å². The molecule has 1 aromatic carbocycles. The molecule has 3 nitrogen and oxygen atoms in total. The largest absolute Gasteiger partial charge is 0.240 e. The fourth-order valence-electron chi connectivity index (χ4n) is 1.88. The average Bonchev–Trinajstić information content (AvgIpc) is 2.22. The summed E-state index contributed by atoms with van der Waals surface area (Å²) in [5.41, 5.74) is 0. The third-order valence-corrected chi connectivity index (χ3v) is 4.67. The van der Waals surface area contributed by atoms with Crippen LogP contribution in [-0.4, -0.2) is 15.0 Å². The molecule has 5 heteroatoms. The summed E-state index contributed by atoms with van der Waals surface area (Å²) >= 11 is 0. The molecule has 0 amide bonds. The van der Waals surface area contributed by atoms with Crippen LogP contribution in [0.15, 0.2) is 29.2 Å². The summed E-state index contributed by atoms with van der Waals surface area (Å²) in [7, 11) is -3.47. The minimum atomic E-state index is -3.47. The Balaban J connectivity index is 1.91. The van der Waals surface area contributed by atoms with E-state index in [9.17, 15) is 12.8 Å². The molecule has 2 rings (SSSR count). The van der Waals surface area contributed by atoms with Crippen LogP contribution >= 0.6 is 0 Å². The Labute approximate surface area is 101 Å². The Bertz CT molecular complexity index is 466. The van der Waals surface area contributed by atoms with Gasteiger partial charge in [-0.2, -0.15) is 0 Å². The van der Waals surface area contributed by atoms with Crippen LogP contribution in [0.5, 0.6) is 0 Å². The van der Waals surface area contributed by atoms with Gasteiger partial charge in [0.15, 0.2) is 0 Å². The summed E-state index contributed by atoms with van der Waals surface area (Å²) in [6.07, 6.45) is 4.56. The standard InChI is InChI=1S/C12H16FNO2S/c13-11-4-6-12(7-5-11)17(15,16)14-9-8-10-2-1-3-10/h4-7,10,14H,1-3,8-9H2. The highest BCUT2D eigenvalue weighted by atomic mass is 32.2. The van der Waals surface area contributed by atoms with Gasteiger partial charge in [0.05, 0.1) is 4.90 Å². The van der Waals surface area contributed by atoms with E-state index in [1.54, 1.807) is 0 Å². The molecule has 0 bridgehead atoms. The molecule has 1 aliphatic carbocycles. The molecule has 1 fully saturated rings. The number of rotatable bonds is 5. The van der Waals surface area contributed by atoms with Crippen molar-refractivity contribution in [1.82, 2.24) is 4.72 Å². The van der Waals surface area contributed by atoms with Gasteiger partial charge in [-0.15, -0.1) is 0 Å². The monoisotopic (exact) mass is 257 g/mol. The molecule has 1 N–H and O–H groups in total. The fourth-order valence-corrected chi connectivity index (χ4v) is 2.92. The predicted octanol–water partition coefficient (Wildman–Crippen LogP) is 2.29. The summed E-state index contributed by atoms with van der Waals surface area (Å²) in [5, 5.41) is 0. The summed E-state index contributed by atoms with van der Waals surface area (Å²) in [6, 6.07) is 4.86. The maximum atomic E-state index is 12.7. The molecular formula is C12H16FNO2S. The van der Waals surface area contributed by atoms with E-state index in [0.717, 1.165) is 18.6 Å². The molecule has 0 unspecified atom stereocenters. The number of hydrogen-bond acceptors (Lipinski definition) is 2. The van der Waals surface area contributed by atoms with Crippen molar-refractivity contribution in [3.8, 4) is 0 Å². The van der Waals surface area contributed by atoms with Crippen molar-refractivity contribution in [3.05, 3.63) is 30.1 Å². The van der Waals surface area contributed by atoms with Gasteiger partial charge in [0.1, 0.15) is 5.82 Å². The van der Waals surface area contributed by atoms with Crippen molar-refractivity contribution in [2.75, 3.05) is 6.54 Å². The Morgan fingerprint density at radius 1 is 1.24 bits per heavy atom. The zero-order valence-corrected chi connectivity index (χ0v) is 10.3. The molecule has 1 aromatic rings. The van der Waals surface area contributed by atoms with Gasteiger partial charge < -0.3 is 0 Å². The van der Waals surface area contributed by atoms with Crippen LogP contribution in [0, 0.1) is 11.7 Å². The van der Waals surface area contributed by atoms with Crippen LogP contribution < -0.4 is 4.72 Å². The third kappa shape index (κ3) is 3.26. The second-order valence-corrected chi connectivity index (χ2v) is 6.20.